The van der Waals surface area contributed by atoms with Crippen LogP contribution in [0.2, 0.25) is 0 Å². The van der Waals surface area contributed by atoms with E-state index in [1.165, 1.54) is 12.0 Å². The van der Waals surface area contributed by atoms with Crippen molar-refractivity contribution < 1.29 is 0 Å². The zero-order valence-electron chi connectivity index (χ0n) is 7.92. The Morgan fingerprint density at radius 2 is 2.31 bits per heavy atom. The molecule has 0 spiro atoms. The first-order valence-corrected chi connectivity index (χ1v) is 5.73. The lowest BCUT2D eigenvalue weighted by Gasteiger charge is -2.02. The van der Waals surface area contributed by atoms with Crippen LogP contribution in [0.5, 0.6) is 0 Å². The Labute approximate surface area is 86.9 Å². The fourth-order valence-corrected chi connectivity index (χ4v) is 2.05. The molecule has 3 heteroatoms. The summed E-state index contributed by atoms with van der Waals surface area (Å²) in [6, 6.07) is 0. The normalized spacial score (nSPS) is 26.1. The molecule has 1 saturated carbocycles. The molecule has 0 aliphatic heterocycles. The lowest BCUT2D eigenvalue weighted by molar-refractivity contribution is 0.826. The SMILES string of the molecule is Cc1nc(C2CC2C)ncc1CBr. The van der Waals surface area contributed by atoms with Crippen molar-refractivity contribution in [2.45, 2.75) is 31.5 Å². The van der Waals surface area contributed by atoms with E-state index < -0.39 is 0 Å². The van der Waals surface area contributed by atoms with Crippen LogP contribution in [0.3, 0.4) is 0 Å². The molecule has 1 fully saturated rings. The molecule has 0 bridgehead atoms. The Morgan fingerprint density at radius 1 is 1.62 bits per heavy atom. The molecular formula is C10H13BrN2. The van der Waals surface area contributed by atoms with Gasteiger partial charge >= 0.3 is 0 Å². The molecule has 13 heavy (non-hydrogen) atoms. The summed E-state index contributed by atoms with van der Waals surface area (Å²) in [6.07, 6.45) is 3.20. The van der Waals surface area contributed by atoms with Crippen molar-refractivity contribution in [1.29, 1.82) is 0 Å². The zero-order chi connectivity index (χ0) is 9.42. The molecular weight excluding hydrogens is 228 g/mol. The highest BCUT2D eigenvalue weighted by Gasteiger charge is 2.36. The van der Waals surface area contributed by atoms with E-state index in [1.54, 1.807) is 0 Å². The van der Waals surface area contributed by atoms with Gasteiger partial charge in [-0.1, -0.05) is 22.9 Å². The molecule has 2 rings (SSSR count). The van der Waals surface area contributed by atoms with Crippen LogP contribution in [-0.4, -0.2) is 9.97 Å². The maximum Gasteiger partial charge on any atom is 0.131 e. The van der Waals surface area contributed by atoms with Gasteiger partial charge in [-0.3, -0.25) is 0 Å². The number of hydrogen-bond donors (Lipinski definition) is 0. The van der Waals surface area contributed by atoms with Crippen molar-refractivity contribution in [3.63, 3.8) is 0 Å². The average molecular weight is 241 g/mol. The molecule has 0 amide bonds. The van der Waals surface area contributed by atoms with Gasteiger partial charge in [0.1, 0.15) is 5.82 Å². The molecule has 70 valence electrons. The predicted octanol–water partition coefficient (Wildman–Crippen LogP) is 2.80. The number of hydrogen-bond acceptors (Lipinski definition) is 2. The Bertz CT molecular complexity index is 325. The number of rotatable bonds is 2. The van der Waals surface area contributed by atoms with Crippen LogP contribution in [0.15, 0.2) is 6.20 Å². The average Bonchev–Trinajstić information content (AvgIpc) is 2.82. The van der Waals surface area contributed by atoms with Crippen molar-refractivity contribution in [2.75, 3.05) is 0 Å². The molecule has 1 aromatic heterocycles. The molecule has 1 aromatic rings. The molecule has 1 aliphatic carbocycles. The Morgan fingerprint density at radius 3 is 2.77 bits per heavy atom. The summed E-state index contributed by atoms with van der Waals surface area (Å²) in [5, 5.41) is 0.847. The van der Waals surface area contributed by atoms with Gasteiger partial charge in [-0.15, -0.1) is 0 Å². The molecule has 0 saturated heterocycles. The van der Waals surface area contributed by atoms with E-state index in [1.807, 2.05) is 6.20 Å². The highest BCUT2D eigenvalue weighted by Crippen LogP contribution is 2.45. The second kappa shape index (κ2) is 3.37. The van der Waals surface area contributed by atoms with Crippen molar-refractivity contribution in [3.05, 3.63) is 23.3 Å². The zero-order valence-corrected chi connectivity index (χ0v) is 9.50. The lowest BCUT2D eigenvalue weighted by Crippen LogP contribution is -1.98. The minimum Gasteiger partial charge on any atom is -0.241 e. The summed E-state index contributed by atoms with van der Waals surface area (Å²) in [4.78, 5) is 8.90. The summed E-state index contributed by atoms with van der Waals surface area (Å²) in [7, 11) is 0. The fourth-order valence-electron chi connectivity index (χ4n) is 1.50. The van der Waals surface area contributed by atoms with Crippen LogP contribution < -0.4 is 0 Å². The first-order chi connectivity index (χ1) is 6.22. The van der Waals surface area contributed by atoms with Crippen molar-refractivity contribution in [1.82, 2.24) is 9.97 Å². The van der Waals surface area contributed by atoms with Gasteiger partial charge in [0, 0.05) is 28.7 Å². The molecule has 0 N–H and O–H groups in total. The van der Waals surface area contributed by atoms with E-state index in [0.717, 1.165) is 22.8 Å². The van der Waals surface area contributed by atoms with Crippen LogP contribution in [0, 0.1) is 12.8 Å². The Balaban J connectivity index is 2.25. The minimum absolute atomic E-state index is 0.628. The topological polar surface area (TPSA) is 25.8 Å². The van der Waals surface area contributed by atoms with Crippen LogP contribution in [0.1, 0.15) is 36.3 Å². The van der Waals surface area contributed by atoms with Crippen LogP contribution >= 0.6 is 15.9 Å². The molecule has 2 unspecified atom stereocenters. The Hall–Kier alpha value is -0.440. The van der Waals surface area contributed by atoms with Gasteiger partial charge in [0.2, 0.25) is 0 Å². The second-order valence-corrected chi connectivity index (χ2v) is 4.35. The number of aromatic nitrogens is 2. The summed E-state index contributed by atoms with van der Waals surface area (Å²) in [5.41, 5.74) is 2.30. The summed E-state index contributed by atoms with van der Waals surface area (Å²) in [5.74, 6) is 2.45. The van der Waals surface area contributed by atoms with Gasteiger partial charge in [0.15, 0.2) is 0 Å². The highest BCUT2D eigenvalue weighted by molar-refractivity contribution is 9.08. The third-order valence-electron chi connectivity index (χ3n) is 2.68. The van der Waals surface area contributed by atoms with Crippen molar-refractivity contribution in [2.24, 2.45) is 5.92 Å². The van der Waals surface area contributed by atoms with Gasteiger partial charge in [0.25, 0.3) is 0 Å². The van der Waals surface area contributed by atoms with E-state index in [9.17, 15) is 0 Å². The maximum atomic E-state index is 4.52. The third kappa shape index (κ3) is 1.75. The fraction of sp³-hybridized carbons (Fsp3) is 0.600. The summed E-state index contributed by atoms with van der Waals surface area (Å²) in [6.45, 7) is 4.30. The van der Waals surface area contributed by atoms with Crippen molar-refractivity contribution in [3.8, 4) is 0 Å². The third-order valence-corrected chi connectivity index (χ3v) is 3.29. The molecule has 0 radical (unpaired) electrons. The van der Waals surface area contributed by atoms with Gasteiger partial charge < -0.3 is 0 Å². The van der Waals surface area contributed by atoms with E-state index >= 15 is 0 Å². The molecule has 2 nitrogen and oxygen atoms in total. The minimum atomic E-state index is 0.628. The standard InChI is InChI=1S/C10H13BrN2/c1-6-3-9(6)10-12-5-8(4-11)7(2)13-10/h5-6,9H,3-4H2,1-2H3. The van der Waals surface area contributed by atoms with Crippen LogP contribution in [-0.2, 0) is 5.33 Å². The van der Waals surface area contributed by atoms with Gasteiger partial charge in [-0.25, -0.2) is 9.97 Å². The monoisotopic (exact) mass is 240 g/mol. The number of aryl methyl sites for hydroxylation is 1. The molecule has 1 heterocycles. The molecule has 1 aliphatic rings. The predicted molar refractivity (Wildman–Crippen MR) is 55.9 cm³/mol. The Kier molecular flexibility index (Phi) is 2.37. The van der Waals surface area contributed by atoms with Crippen LogP contribution in [0.4, 0.5) is 0 Å². The largest absolute Gasteiger partial charge is 0.241 e. The quantitative estimate of drug-likeness (QED) is 0.744. The first kappa shape index (κ1) is 9.13. The van der Waals surface area contributed by atoms with Gasteiger partial charge in [0.05, 0.1) is 0 Å². The van der Waals surface area contributed by atoms with Crippen molar-refractivity contribution >= 4 is 15.9 Å². The van der Waals surface area contributed by atoms with E-state index in [2.05, 4.69) is 39.7 Å². The van der Waals surface area contributed by atoms with Crippen LogP contribution in [0.25, 0.3) is 0 Å². The smallest absolute Gasteiger partial charge is 0.131 e. The molecule has 2 atom stereocenters. The van der Waals surface area contributed by atoms with Gasteiger partial charge in [-0.2, -0.15) is 0 Å². The lowest BCUT2D eigenvalue weighted by atomic mass is 10.2. The molecule has 0 aromatic carbocycles. The first-order valence-electron chi connectivity index (χ1n) is 4.60. The van der Waals surface area contributed by atoms with E-state index in [0.29, 0.717) is 5.92 Å². The van der Waals surface area contributed by atoms with E-state index in [4.69, 9.17) is 0 Å². The summed E-state index contributed by atoms with van der Waals surface area (Å²) >= 11 is 3.42. The number of alkyl halides is 1. The highest BCUT2D eigenvalue weighted by atomic mass is 79.9. The number of nitrogens with zero attached hydrogens (tertiary/aromatic N) is 2. The van der Waals surface area contributed by atoms with Gasteiger partial charge in [-0.05, 0) is 19.3 Å². The number of halogens is 1. The van der Waals surface area contributed by atoms with E-state index in [-0.39, 0.29) is 0 Å². The maximum absolute atomic E-state index is 4.52. The summed E-state index contributed by atoms with van der Waals surface area (Å²) < 4.78 is 0. The second-order valence-electron chi connectivity index (χ2n) is 3.79.